The van der Waals surface area contributed by atoms with Crippen molar-refractivity contribution in [3.8, 4) is 0 Å². The number of likely N-dealkylation sites (N-methyl/N-ethyl adjacent to an activating group) is 1. The van der Waals surface area contributed by atoms with Gasteiger partial charge in [0.05, 0.1) is 22.0 Å². The van der Waals surface area contributed by atoms with Crippen molar-refractivity contribution in [1.29, 1.82) is 0 Å². The van der Waals surface area contributed by atoms with Crippen LogP contribution in [0.1, 0.15) is 39.9 Å². The molecule has 1 heterocycles. The van der Waals surface area contributed by atoms with Gasteiger partial charge in [-0.1, -0.05) is 23.7 Å². The Hall–Kier alpha value is -2.38. The van der Waals surface area contributed by atoms with Gasteiger partial charge in [0.2, 0.25) is 5.91 Å². The molecule has 0 aromatic heterocycles. The summed E-state index contributed by atoms with van der Waals surface area (Å²) in [7, 11) is -2.71. The average Bonchev–Trinajstić information content (AvgIpc) is 2.67. The zero-order valence-electron chi connectivity index (χ0n) is 15.3. The molecule has 2 aromatic rings. The van der Waals surface area contributed by atoms with Gasteiger partial charge in [-0.25, -0.2) is 12.7 Å². The minimum Gasteiger partial charge on any atom is -0.321 e. The summed E-state index contributed by atoms with van der Waals surface area (Å²) in [5.74, 6) is -0.981. The summed E-state index contributed by atoms with van der Waals surface area (Å²) in [6.45, 7) is 0. The molecule has 2 amide bonds. The van der Waals surface area contributed by atoms with Crippen LogP contribution in [0.4, 0.5) is 5.69 Å². The van der Waals surface area contributed by atoms with Gasteiger partial charge >= 0.3 is 0 Å². The molecule has 1 aliphatic carbocycles. The second kappa shape index (κ2) is 6.90. The fraction of sp³-hybridized carbons (Fsp3) is 0.300. The zero-order chi connectivity index (χ0) is 20.1. The van der Waals surface area contributed by atoms with Gasteiger partial charge in [0.15, 0.2) is 0 Å². The molecule has 2 aliphatic rings. The molecule has 0 saturated heterocycles. The second-order valence-electron chi connectivity index (χ2n) is 7.05. The molecule has 0 fully saturated rings. The molecule has 146 valence electrons. The van der Waals surface area contributed by atoms with Crippen molar-refractivity contribution in [3.05, 3.63) is 57.6 Å². The third-order valence-corrected chi connectivity index (χ3v) is 7.56. The van der Waals surface area contributed by atoms with E-state index in [1.165, 1.54) is 7.05 Å². The molecule has 2 aromatic carbocycles. The van der Waals surface area contributed by atoms with E-state index < -0.39 is 21.8 Å². The number of carbonyl (C=O) groups excluding carboxylic acids is 2. The summed E-state index contributed by atoms with van der Waals surface area (Å²) in [5.41, 5.74) is 2.73. The highest BCUT2D eigenvalue weighted by molar-refractivity contribution is 7.89. The van der Waals surface area contributed by atoms with Gasteiger partial charge < -0.3 is 5.32 Å². The highest BCUT2D eigenvalue weighted by Crippen LogP contribution is 2.36. The summed E-state index contributed by atoms with van der Waals surface area (Å²) < 4.78 is 26.4. The van der Waals surface area contributed by atoms with Crippen LogP contribution in [-0.2, 0) is 34.1 Å². The van der Waals surface area contributed by atoms with Gasteiger partial charge in [0.1, 0.15) is 0 Å². The van der Waals surface area contributed by atoms with Crippen LogP contribution in [0.25, 0.3) is 0 Å². The van der Waals surface area contributed by atoms with Crippen molar-refractivity contribution in [2.45, 2.75) is 37.0 Å². The number of hydrogen-bond donors (Lipinski definition) is 1. The third-order valence-electron chi connectivity index (χ3n) is 5.38. The standard InChI is InChI=1S/C20H19ClN2O4S/c1-23-18(24)11-14-17(28(23,26)27)10-12-6-2-3-7-13(12)19(14)20(25)22-16-9-5-4-8-15(16)21/h4-5,8-10H,2-3,6-7,11H2,1H3,(H,22,25). The molecule has 0 unspecified atom stereocenters. The Kier molecular flexibility index (Phi) is 4.67. The minimum atomic E-state index is -3.96. The average molecular weight is 419 g/mol. The zero-order valence-corrected chi connectivity index (χ0v) is 16.9. The van der Waals surface area contributed by atoms with Crippen molar-refractivity contribution in [2.75, 3.05) is 12.4 Å². The third kappa shape index (κ3) is 2.99. The molecule has 8 heteroatoms. The Morgan fingerprint density at radius 3 is 2.61 bits per heavy atom. The van der Waals surface area contributed by atoms with Crippen LogP contribution < -0.4 is 5.32 Å². The number of carbonyl (C=O) groups is 2. The number of aryl methyl sites for hydroxylation is 1. The molecule has 0 atom stereocenters. The number of nitrogens with zero attached hydrogens (tertiary/aromatic N) is 1. The Balaban J connectivity index is 1.91. The molecular formula is C20H19ClN2O4S. The van der Waals surface area contributed by atoms with E-state index in [2.05, 4.69) is 5.32 Å². The number of fused-ring (bicyclic) bond motifs is 2. The first-order valence-electron chi connectivity index (χ1n) is 9.06. The number of rotatable bonds is 2. The van der Waals surface area contributed by atoms with Crippen molar-refractivity contribution < 1.29 is 18.0 Å². The van der Waals surface area contributed by atoms with Crippen LogP contribution in [0.5, 0.6) is 0 Å². The maximum atomic E-state index is 13.2. The van der Waals surface area contributed by atoms with Crippen molar-refractivity contribution in [3.63, 3.8) is 0 Å². The number of nitrogens with one attached hydrogen (secondary N) is 1. The lowest BCUT2D eigenvalue weighted by atomic mass is 9.84. The van der Waals surface area contributed by atoms with E-state index in [4.69, 9.17) is 11.6 Å². The van der Waals surface area contributed by atoms with Gasteiger partial charge in [0.25, 0.3) is 15.9 Å². The molecule has 0 saturated carbocycles. The van der Waals surface area contributed by atoms with Crippen molar-refractivity contribution in [2.24, 2.45) is 0 Å². The lowest BCUT2D eigenvalue weighted by Crippen LogP contribution is -2.40. The summed E-state index contributed by atoms with van der Waals surface area (Å²) in [6, 6.07) is 8.49. The summed E-state index contributed by atoms with van der Waals surface area (Å²) in [5, 5.41) is 3.18. The Labute approximate surface area is 168 Å². The number of anilines is 1. The van der Waals surface area contributed by atoms with Gasteiger partial charge in [0, 0.05) is 12.6 Å². The molecule has 0 spiro atoms. The molecule has 6 nitrogen and oxygen atoms in total. The first-order chi connectivity index (χ1) is 13.3. The number of benzene rings is 2. The van der Waals surface area contributed by atoms with Crippen molar-refractivity contribution in [1.82, 2.24) is 4.31 Å². The van der Waals surface area contributed by atoms with Crippen LogP contribution in [0.15, 0.2) is 35.2 Å². The first kappa shape index (κ1) is 19.0. The van der Waals surface area contributed by atoms with E-state index >= 15 is 0 Å². The topological polar surface area (TPSA) is 83.6 Å². The SMILES string of the molecule is CN1C(=O)Cc2c(cc3c(c2C(=O)Nc2ccccc2Cl)CCCC3)S1(=O)=O. The van der Waals surface area contributed by atoms with Gasteiger partial charge in [-0.2, -0.15) is 0 Å². The Bertz CT molecular complexity index is 1110. The molecule has 1 aliphatic heterocycles. The highest BCUT2D eigenvalue weighted by atomic mass is 35.5. The maximum absolute atomic E-state index is 13.2. The highest BCUT2D eigenvalue weighted by Gasteiger charge is 2.38. The van der Waals surface area contributed by atoms with Crippen LogP contribution in [-0.4, -0.2) is 31.6 Å². The summed E-state index contributed by atoms with van der Waals surface area (Å²) in [4.78, 5) is 25.6. The predicted molar refractivity (Wildman–Crippen MR) is 106 cm³/mol. The van der Waals surface area contributed by atoms with Crippen LogP contribution in [0.3, 0.4) is 0 Å². The summed E-state index contributed by atoms with van der Waals surface area (Å²) in [6.07, 6.45) is 3.12. The van der Waals surface area contributed by atoms with Crippen LogP contribution >= 0.6 is 11.6 Å². The molecule has 28 heavy (non-hydrogen) atoms. The van der Waals surface area contributed by atoms with Crippen LogP contribution in [0.2, 0.25) is 5.02 Å². The van der Waals surface area contributed by atoms with Gasteiger partial charge in [-0.15, -0.1) is 0 Å². The molecule has 0 bridgehead atoms. The molecular weight excluding hydrogens is 400 g/mol. The van der Waals surface area contributed by atoms with E-state index in [0.717, 1.165) is 28.3 Å². The van der Waals surface area contributed by atoms with Crippen molar-refractivity contribution >= 4 is 39.1 Å². The molecule has 1 N–H and O–H groups in total. The number of para-hydroxylation sites is 1. The number of hydrogen-bond acceptors (Lipinski definition) is 4. The second-order valence-corrected chi connectivity index (χ2v) is 9.39. The maximum Gasteiger partial charge on any atom is 0.266 e. The monoisotopic (exact) mass is 418 g/mol. The fourth-order valence-corrected chi connectivity index (χ4v) is 5.48. The number of sulfonamides is 1. The van der Waals surface area contributed by atoms with E-state index in [-0.39, 0.29) is 16.9 Å². The smallest absolute Gasteiger partial charge is 0.266 e. The van der Waals surface area contributed by atoms with E-state index in [9.17, 15) is 18.0 Å². The van der Waals surface area contributed by atoms with E-state index in [1.807, 2.05) is 0 Å². The Morgan fingerprint density at radius 1 is 1.14 bits per heavy atom. The largest absolute Gasteiger partial charge is 0.321 e. The predicted octanol–water partition coefficient (Wildman–Crippen LogP) is 3.17. The quantitative estimate of drug-likeness (QED) is 0.811. The number of amides is 2. The summed E-state index contributed by atoms with van der Waals surface area (Å²) >= 11 is 6.16. The lowest BCUT2D eigenvalue weighted by molar-refractivity contribution is -0.125. The molecule has 4 rings (SSSR count). The normalized spacial score (nSPS) is 17.6. The Morgan fingerprint density at radius 2 is 1.86 bits per heavy atom. The molecule has 0 radical (unpaired) electrons. The lowest BCUT2D eigenvalue weighted by Gasteiger charge is -2.30. The number of halogens is 1. The van der Waals surface area contributed by atoms with Crippen LogP contribution in [0, 0.1) is 0 Å². The fourth-order valence-electron chi connectivity index (χ4n) is 3.90. The van der Waals surface area contributed by atoms with E-state index in [1.54, 1.807) is 30.3 Å². The minimum absolute atomic E-state index is 0.0551. The van der Waals surface area contributed by atoms with Gasteiger partial charge in [-0.3, -0.25) is 9.59 Å². The van der Waals surface area contributed by atoms with Gasteiger partial charge in [-0.05, 0) is 60.6 Å². The van der Waals surface area contributed by atoms with E-state index in [0.29, 0.717) is 29.1 Å². The first-order valence-corrected chi connectivity index (χ1v) is 10.9.